The second-order valence-corrected chi connectivity index (χ2v) is 4.05. The van der Waals surface area contributed by atoms with E-state index in [9.17, 15) is 13.2 Å². The third-order valence-electron chi connectivity index (χ3n) is 2.40. The van der Waals surface area contributed by atoms with Gasteiger partial charge in [-0.1, -0.05) is 0 Å². The van der Waals surface area contributed by atoms with E-state index in [1.807, 2.05) is 0 Å². The SMILES string of the molecule is Cc1c(F)c(N(C)C)c(F)c(F)c1N(C)C. The Hall–Kier alpha value is -1.39. The van der Waals surface area contributed by atoms with Crippen LogP contribution in [0.15, 0.2) is 0 Å². The van der Waals surface area contributed by atoms with Gasteiger partial charge in [-0.05, 0) is 6.92 Å². The molecule has 0 aromatic heterocycles. The summed E-state index contributed by atoms with van der Waals surface area (Å²) < 4.78 is 41.2. The van der Waals surface area contributed by atoms with Crippen LogP contribution >= 0.6 is 0 Å². The van der Waals surface area contributed by atoms with Gasteiger partial charge in [-0.25, -0.2) is 13.2 Å². The summed E-state index contributed by atoms with van der Waals surface area (Å²) in [6.07, 6.45) is 0. The van der Waals surface area contributed by atoms with Gasteiger partial charge in [-0.3, -0.25) is 0 Å². The normalized spacial score (nSPS) is 10.5. The molecule has 1 aromatic carbocycles. The minimum atomic E-state index is -1.16. The Morgan fingerprint density at radius 2 is 1.06 bits per heavy atom. The zero-order valence-electron chi connectivity index (χ0n) is 10.0. The summed E-state index contributed by atoms with van der Waals surface area (Å²) >= 11 is 0. The molecule has 0 bridgehead atoms. The zero-order valence-corrected chi connectivity index (χ0v) is 10.0. The monoisotopic (exact) mass is 232 g/mol. The molecular formula is C11H15F3N2. The third kappa shape index (κ3) is 1.81. The standard InChI is InChI=1S/C11H15F3N2/c1-6-7(12)11(16(4)5)9(14)8(13)10(6)15(2)3/h1-5H3. The van der Waals surface area contributed by atoms with E-state index in [0.29, 0.717) is 0 Å². The van der Waals surface area contributed by atoms with E-state index >= 15 is 0 Å². The van der Waals surface area contributed by atoms with E-state index in [0.717, 1.165) is 0 Å². The van der Waals surface area contributed by atoms with Gasteiger partial charge in [-0.15, -0.1) is 0 Å². The quantitative estimate of drug-likeness (QED) is 0.723. The predicted octanol–water partition coefficient (Wildman–Crippen LogP) is 2.54. The van der Waals surface area contributed by atoms with Crippen molar-refractivity contribution >= 4 is 11.4 Å². The van der Waals surface area contributed by atoms with Crippen molar-refractivity contribution in [3.63, 3.8) is 0 Å². The fourth-order valence-electron chi connectivity index (χ4n) is 1.67. The summed E-state index contributed by atoms with van der Waals surface area (Å²) in [4.78, 5) is 2.58. The van der Waals surface area contributed by atoms with E-state index in [1.165, 1.54) is 30.8 Å². The lowest BCUT2D eigenvalue weighted by atomic mass is 10.1. The molecule has 2 nitrogen and oxygen atoms in total. The van der Waals surface area contributed by atoms with Crippen molar-refractivity contribution in [2.75, 3.05) is 38.0 Å². The summed E-state index contributed by atoms with van der Waals surface area (Å²) in [6.45, 7) is 1.43. The minimum Gasteiger partial charge on any atom is -0.375 e. The van der Waals surface area contributed by atoms with E-state index in [2.05, 4.69) is 0 Å². The van der Waals surface area contributed by atoms with Gasteiger partial charge in [0.05, 0.1) is 5.69 Å². The van der Waals surface area contributed by atoms with Gasteiger partial charge in [-0.2, -0.15) is 0 Å². The Balaban J connectivity index is 3.63. The van der Waals surface area contributed by atoms with Crippen LogP contribution in [0, 0.1) is 24.4 Å². The Bertz CT molecular complexity index is 346. The van der Waals surface area contributed by atoms with Gasteiger partial charge in [0.2, 0.25) is 0 Å². The molecule has 90 valence electrons. The van der Waals surface area contributed by atoms with Crippen molar-refractivity contribution in [2.45, 2.75) is 6.92 Å². The van der Waals surface area contributed by atoms with Crippen LogP contribution in [-0.4, -0.2) is 28.2 Å². The average Bonchev–Trinajstić information content (AvgIpc) is 2.14. The largest absolute Gasteiger partial charge is 0.375 e. The van der Waals surface area contributed by atoms with Crippen LogP contribution in [-0.2, 0) is 0 Å². The maximum atomic E-state index is 13.8. The molecule has 16 heavy (non-hydrogen) atoms. The van der Waals surface area contributed by atoms with Crippen LogP contribution in [0.1, 0.15) is 5.56 Å². The van der Waals surface area contributed by atoms with Crippen molar-refractivity contribution in [1.82, 2.24) is 0 Å². The zero-order chi connectivity index (χ0) is 12.6. The van der Waals surface area contributed by atoms with E-state index in [-0.39, 0.29) is 16.9 Å². The molecule has 0 aliphatic rings. The minimum absolute atomic E-state index is 0.0550. The van der Waals surface area contributed by atoms with Gasteiger partial charge < -0.3 is 9.80 Å². The van der Waals surface area contributed by atoms with Gasteiger partial charge >= 0.3 is 0 Å². The maximum absolute atomic E-state index is 13.8. The van der Waals surface area contributed by atoms with Crippen LogP contribution in [0.3, 0.4) is 0 Å². The number of anilines is 2. The van der Waals surface area contributed by atoms with Crippen LogP contribution in [0.5, 0.6) is 0 Å². The van der Waals surface area contributed by atoms with Crippen LogP contribution in [0.2, 0.25) is 0 Å². The lowest BCUT2D eigenvalue weighted by molar-refractivity contribution is 0.493. The first-order chi connectivity index (χ1) is 7.29. The molecule has 0 saturated heterocycles. The molecule has 0 unspecified atom stereocenters. The van der Waals surface area contributed by atoms with Crippen LogP contribution < -0.4 is 9.80 Å². The van der Waals surface area contributed by atoms with Crippen molar-refractivity contribution in [2.24, 2.45) is 0 Å². The first-order valence-corrected chi connectivity index (χ1v) is 4.80. The number of halogens is 3. The van der Waals surface area contributed by atoms with Gasteiger partial charge in [0.25, 0.3) is 0 Å². The number of benzene rings is 1. The molecule has 0 N–H and O–H groups in total. The molecular weight excluding hydrogens is 217 g/mol. The molecule has 1 aromatic rings. The highest BCUT2D eigenvalue weighted by Crippen LogP contribution is 2.34. The van der Waals surface area contributed by atoms with Crippen molar-refractivity contribution in [3.8, 4) is 0 Å². The first kappa shape index (κ1) is 12.7. The maximum Gasteiger partial charge on any atom is 0.187 e. The highest BCUT2D eigenvalue weighted by molar-refractivity contribution is 5.63. The summed E-state index contributed by atoms with van der Waals surface area (Å²) in [7, 11) is 6.02. The fraction of sp³-hybridized carbons (Fsp3) is 0.455. The van der Waals surface area contributed by atoms with Gasteiger partial charge in [0.1, 0.15) is 5.69 Å². The topological polar surface area (TPSA) is 6.48 Å². The lowest BCUT2D eigenvalue weighted by Gasteiger charge is -2.22. The summed E-state index contributed by atoms with van der Waals surface area (Å²) in [5.41, 5.74) is -0.297. The summed E-state index contributed by atoms with van der Waals surface area (Å²) in [6, 6.07) is 0. The van der Waals surface area contributed by atoms with Crippen LogP contribution in [0.4, 0.5) is 24.5 Å². The summed E-state index contributed by atoms with van der Waals surface area (Å²) in [5.74, 6) is -2.91. The Labute approximate surface area is 93.3 Å². The molecule has 0 spiro atoms. The van der Waals surface area contributed by atoms with Gasteiger partial charge in [0.15, 0.2) is 17.5 Å². The molecule has 1 rings (SSSR count). The molecule has 0 atom stereocenters. The number of nitrogens with zero attached hydrogens (tertiary/aromatic N) is 2. The van der Waals surface area contributed by atoms with Crippen molar-refractivity contribution in [3.05, 3.63) is 23.0 Å². The highest BCUT2D eigenvalue weighted by atomic mass is 19.2. The molecule has 0 amide bonds. The smallest absolute Gasteiger partial charge is 0.187 e. The second-order valence-electron chi connectivity index (χ2n) is 4.05. The van der Waals surface area contributed by atoms with E-state index < -0.39 is 17.5 Å². The Morgan fingerprint density at radius 1 is 0.688 bits per heavy atom. The second kappa shape index (κ2) is 4.23. The lowest BCUT2D eigenvalue weighted by Crippen LogP contribution is -2.19. The number of rotatable bonds is 2. The third-order valence-corrected chi connectivity index (χ3v) is 2.40. The number of hydrogen-bond acceptors (Lipinski definition) is 2. The van der Waals surface area contributed by atoms with Crippen molar-refractivity contribution in [1.29, 1.82) is 0 Å². The number of hydrogen-bond donors (Lipinski definition) is 0. The molecule has 0 radical (unpaired) electrons. The first-order valence-electron chi connectivity index (χ1n) is 4.80. The summed E-state index contributed by atoms with van der Waals surface area (Å²) in [5, 5.41) is 0. The molecule has 5 heteroatoms. The highest BCUT2D eigenvalue weighted by Gasteiger charge is 2.24. The molecule has 0 aliphatic carbocycles. The van der Waals surface area contributed by atoms with E-state index in [1.54, 1.807) is 14.1 Å². The molecule has 0 fully saturated rings. The van der Waals surface area contributed by atoms with Crippen molar-refractivity contribution < 1.29 is 13.2 Å². The predicted molar refractivity (Wildman–Crippen MR) is 59.7 cm³/mol. The van der Waals surface area contributed by atoms with Gasteiger partial charge in [0, 0.05) is 33.8 Å². The fourth-order valence-corrected chi connectivity index (χ4v) is 1.67. The Morgan fingerprint density at radius 3 is 1.44 bits per heavy atom. The average molecular weight is 232 g/mol. The van der Waals surface area contributed by atoms with E-state index in [4.69, 9.17) is 0 Å². The Kier molecular flexibility index (Phi) is 3.35. The van der Waals surface area contributed by atoms with Crippen LogP contribution in [0.25, 0.3) is 0 Å². The molecule has 0 saturated carbocycles. The molecule has 0 heterocycles. The molecule has 0 aliphatic heterocycles.